The summed E-state index contributed by atoms with van der Waals surface area (Å²) in [6.45, 7) is 0. The third-order valence-electron chi connectivity index (χ3n) is 3.36. The lowest BCUT2D eigenvalue weighted by molar-refractivity contribution is 0.402. The summed E-state index contributed by atoms with van der Waals surface area (Å²) in [5.74, 6) is 1.48. The van der Waals surface area contributed by atoms with Gasteiger partial charge in [0.2, 0.25) is 0 Å². The fourth-order valence-electron chi connectivity index (χ4n) is 2.48. The molecule has 3 rings (SSSR count). The highest BCUT2D eigenvalue weighted by atomic mass is 16.5. The van der Waals surface area contributed by atoms with Crippen LogP contribution in [0.2, 0.25) is 0 Å². The normalized spacial score (nSPS) is 14.6. The summed E-state index contributed by atoms with van der Waals surface area (Å²) in [6.07, 6.45) is 3.87. The van der Waals surface area contributed by atoms with Gasteiger partial charge in [-0.15, -0.1) is 0 Å². The largest absolute Gasteiger partial charge is 0.493 e. The second kappa shape index (κ2) is 3.91. The summed E-state index contributed by atoms with van der Waals surface area (Å²) in [6, 6.07) is 5.45. The molecule has 0 N–H and O–H groups in total. The average molecular weight is 230 g/mol. The van der Waals surface area contributed by atoms with Gasteiger partial charge in [-0.2, -0.15) is 0 Å². The molecule has 0 saturated carbocycles. The third-order valence-corrected chi connectivity index (χ3v) is 3.36. The van der Waals surface area contributed by atoms with Crippen molar-refractivity contribution in [3.05, 3.63) is 39.7 Å². The molecule has 17 heavy (non-hydrogen) atoms. The minimum Gasteiger partial charge on any atom is -0.493 e. The van der Waals surface area contributed by atoms with Crippen LogP contribution in [0.15, 0.2) is 27.4 Å². The SMILES string of the molecule is COc1cccc2c(=O)c3c(oc12)CCCC3. The van der Waals surface area contributed by atoms with Crippen LogP contribution < -0.4 is 10.2 Å². The topological polar surface area (TPSA) is 39.4 Å². The summed E-state index contributed by atoms with van der Waals surface area (Å²) >= 11 is 0. The number of hydrogen-bond acceptors (Lipinski definition) is 3. The molecule has 88 valence electrons. The average Bonchev–Trinajstić information content (AvgIpc) is 2.38. The highest BCUT2D eigenvalue weighted by Gasteiger charge is 2.19. The van der Waals surface area contributed by atoms with E-state index in [1.54, 1.807) is 13.2 Å². The molecule has 3 nitrogen and oxygen atoms in total. The predicted molar refractivity (Wildman–Crippen MR) is 65.7 cm³/mol. The first kappa shape index (κ1) is 10.4. The first-order valence-electron chi connectivity index (χ1n) is 5.93. The van der Waals surface area contributed by atoms with Crippen molar-refractivity contribution in [2.45, 2.75) is 25.7 Å². The number of benzene rings is 1. The van der Waals surface area contributed by atoms with Crippen molar-refractivity contribution in [3.63, 3.8) is 0 Å². The Balaban J connectivity index is 2.40. The van der Waals surface area contributed by atoms with Crippen LogP contribution in [-0.4, -0.2) is 7.11 Å². The van der Waals surface area contributed by atoms with Crippen LogP contribution in [0.3, 0.4) is 0 Å². The molecule has 1 aliphatic carbocycles. The van der Waals surface area contributed by atoms with Gasteiger partial charge in [0.05, 0.1) is 12.5 Å². The van der Waals surface area contributed by atoms with Gasteiger partial charge >= 0.3 is 0 Å². The smallest absolute Gasteiger partial charge is 0.196 e. The van der Waals surface area contributed by atoms with Gasteiger partial charge in [-0.1, -0.05) is 6.07 Å². The Morgan fingerprint density at radius 3 is 2.88 bits per heavy atom. The predicted octanol–water partition coefficient (Wildman–Crippen LogP) is 2.68. The molecule has 2 aromatic rings. The van der Waals surface area contributed by atoms with Gasteiger partial charge in [-0.25, -0.2) is 0 Å². The Labute approximate surface area is 99.0 Å². The van der Waals surface area contributed by atoms with Crippen LogP contribution in [0.4, 0.5) is 0 Å². The second-order valence-electron chi connectivity index (χ2n) is 4.38. The third kappa shape index (κ3) is 1.54. The number of ether oxygens (including phenoxy) is 1. The van der Waals surface area contributed by atoms with Crippen LogP contribution in [0.5, 0.6) is 5.75 Å². The molecular formula is C14H14O3. The Kier molecular flexibility index (Phi) is 2.39. The molecule has 0 bridgehead atoms. The van der Waals surface area contributed by atoms with Crippen molar-refractivity contribution in [3.8, 4) is 5.75 Å². The van der Waals surface area contributed by atoms with E-state index in [2.05, 4.69) is 0 Å². The van der Waals surface area contributed by atoms with Gasteiger partial charge in [0.1, 0.15) is 5.76 Å². The summed E-state index contributed by atoms with van der Waals surface area (Å²) in [4.78, 5) is 12.3. The van der Waals surface area contributed by atoms with Crippen LogP contribution in [0.25, 0.3) is 11.0 Å². The summed E-state index contributed by atoms with van der Waals surface area (Å²) < 4.78 is 11.1. The summed E-state index contributed by atoms with van der Waals surface area (Å²) in [5, 5.41) is 0.630. The Morgan fingerprint density at radius 2 is 2.06 bits per heavy atom. The molecule has 1 aliphatic rings. The molecule has 0 spiro atoms. The molecule has 0 radical (unpaired) electrons. The second-order valence-corrected chi connectivity index (χ2v) is 4.38. The van der Waals surface area contributed by atoms with E-state index in [4.69, 9.17) is 9.15 Å². The first-order valence-corrected chi connectivity index (χ1v) is 5.93. The van der Waals surface area contributed by atoms with E-state index in [-0.39, 0.29) is 5.43 Å². The lowest BCUT2D eigenvalue weighted by Crippen LogP contribution is -2.16. The quantitative estimate of drug-likeness (QED) is 0.756. The number of fused-ring (bicyclic) bond motifs is 2. The zero-order valence-electron chi connectivity index (χ0n) is 9.79. The van der Waals surface area contributed by atoms with E-state index < -0.39 is 0 Å². The molecule has 3 heteroatoms. The fourth-order valence-corrected chi connectivity index (χ4v) is 2.48. The van der Waals surface area contributed by atoms with Crippen molar-refractivity contribution in [2.24, 2.45) is 0 Å². The Hall–Kier alpha value is -1.77. The van der Waals surface area contributed by atoms with Crippen molar-refractivity contribution in [1.82, 2.24) is 0 Å². The molecule has 0 fully saturated rings. The maximum Gasteiger partial charge on any atom is 0.196 e. The molecule has 0 amide bonds. The van der Waals surface area contributed by atoms with Crippen molar-refractivity contribution >= 4 is 11.0 Å². The molecule has 1 aromatic heterocycles. The van der Waals surface area contributed by atoms with Crippen molar-refractivity contribution in [2.75, 3.05) is 7.11 Å². The molecule has 0 atom stereocenters. The molecule has 1 heterocycles. The van der Waals surface area contributed by atoms with Gasteiger partial charge in [-0.3, -0.25) is 4.79 Å². The fraction of sp³-hybridized carbons (Fsp3) is 0.357. The van der Waals surface area contributed by atoms with Gasteiger partial charge < -0.3 is 9.15 Å². The zero-order chi connectivity index (χ0) is 11.8. The molecule has 0 saturated heterocycles. The first-order chi connectivity index (χ1) is 8.31. The minimum absolute atomic E-state index is 0.111. The van der Waals surface area contributed by atoms with E-state index in [0.717, 1.165) is 37.0 Å². The van der Waals surface area contributed by atoms with Crippen LogP contribution in [0, 0.1) is 0 Å². The molecule has 0 unspecified atom stereocenters. The summed E-state index contributed by atoms with van der Waals surface area (Å²) in [7, 11) is 1.59. The number of para-hydroxylation sites is 1. The monoisotopic (exact) mass is 230 g/mol. The lowest BCUT2D eigenvalue weighted by atomic mass is 9.96. The maximum atomic E-state index is 12.3. The standard InChI is InChI=1S/C14H14O3/c1-16-12-8-4-6-10-13(15)9-5-2-3-7-11(9)17-14(10)12/h4,6,8H,2-3,5,7H2,1H3. The van der Waals surface area contributed by atoms with Crippen LogP contribution in [0.1, 0.15) is 24.2 Å². The van der Waals surface area contributed by atoms with Crippen LogP contribution >= 0.6 is 0 Å². The van der Waals surface area contributed by atoms with Gasteiger partial charge in [-0.05, 0) is 31.4 Å². The van der Waals surface area contributed by atoms with Gasteiger partial charge in [0, 0.05) is 12.0 Å². The highest BCUT2D eigenvalue weighted by molar-refractivity contribution is 5.83. The lowest BCUT2D eigenvalue weighted by Gasteiger charge is -2.15. The number of hydrogen-bond donors (Lipinski definition) is 0. The van der Waals surface area contributed by atoms with Crippen molar-refractivity contribution < 1.29 is 9.15 Å². The molecule has 0 aliphatic heterocycles. The van der Waals surface area contributed by atoms with E-state index in [9.17, 15) is 4.79 Å². The van der Waals surface area contributed by atoms with E-state index in [1.807, 2.05) is 12.1 Å². The highest BCUT2D eigenvalue weighted by Crippen LogP contribution is 2.28. The number of methoxy groups -OCH3 is 1. The van der Waals surface area contributed by atoms with E-state index >= 15 is 0 Å². The molecular weight excluding hydrogens is 216 g/mol. The maximum absolute atomic E-state index is 12.3. The summed E-state index contributed by atoms with van der Waals surface area (Å²) in [5.41, 5.74) is 1.55. The zero-order valence-corrected chi connectivity index (χ0v) is 9.79. The Bertz CT molecular complexity index is 625. The minimum atomic E-state index is 0.111. The van der Waals surface area contributed by atoms with E-state index in [0.29, 0.717) is 16.7 Å². The number of rotatable bonds is 1. The van der Waals surface area contributed by atoms with Crippen LogP contribution in [-0.2, 0) is 12.8 Å². The van der Waals surface area contributed by atoms with E-state index in [1.165, 1.54) is 0 Å². The van der Waals surface area contributed by atoms with Gasteiger partial charge in [0.25, 0.3) is 0 Å². The van der Waals surface area contributed by atoms with Gasteiger partial charge in [0.15, 0.2) is 16.8 Å². The van der Waals surface area contributed by atoms with Crippen molar-refractivity contribution in [1.29, 1.82) is 0 Å². The number of aryl methyl sites for hydroxylation is 1. The molecule has 1 aromatic carbocycles. The Morgan fingerprint density at radius 1 is 1.24 bits per heavy atom.